The summed E-state index contributed by atoms with van der Waals surface area (Å²) >= 11 is 5.95. The molecule has 2 unspecified atom stereocenters. The van der Waals surface area contributed by atoms with E-state index in [1.54, 1.807) is 6.08 Å². The quantitative estimate of drug-likeness (QED) is 0.710. The number of nitrogens with zero attached hydrogens (tertiary/aromatic N) is 2. The van der Waals surface area contributed by atoms with Crippen molar-refractivity contribution in [2.45, 2.75) is 13.0 Å². The number of β-amino-alcohol motifs (C(OH)–C–C–N with tert-alkyl or cyclic N) is 1. The fourth-order valence-electron chi connectivity index (χ4n) is 3.37. The average Bonchev–Trinajstić information content (AvgIpc) is 2.68. The molecule has 2 aliphatic rings. The van der Waals surface area contributed by atoms with E-state index in [4.69, 9.17) is 16.3 Å². The summed E-state index contributed by atoms with van der Waals surface area (Å²) in [6.07, 6.45) is 4.92. The highest BCUT2D eigenvalue weighted by Crippen LogP contribution is 2.24. The number of benzene rings is 1. The summed E-state index contributed by atoms with van der Waals surface area (Å²) < 4.78 is 5.67. The van der Waals surface area contributed by atoms with Gasteiger partial charge in [-0.1, -0.05) is 30.7 Å². The zero-order valence-electron chi connectivity index (χ0n) is 15.9. The van der Waals surface area contributed by atoms with Gasteiger partial charge in [0.2, 0.25) is 0 Å². The highest BCUT2D eigenvalue weighted by molar-refractivity contribution is 6.30. The van der Waals surface area contributed by atoms with Crippen LogP contribution in [0.25, 0.3) is 0 Å². The maximum atomic E-state index is 11.1. The zero-order chi connectivity index (χ0) is 19.2. The second kappa shape index (κ2) is 10.7. The van der Waals surface area contributed by atoms with Gasteiger partial charge >= 0.3 is 0 Å². The maximum Gasteiger partial charge on any atom is 0.134 e. The van der Waals surface area contributed by atoms with Crippen LogP contribution in [0.1, 0.15) is 6.92 Å². The van der Waals surface area contributed by atoms with Gasteiger partial charge in [0.15, 0.2) is 0 Å². The van der Waals surface area contributed by atoms with Crippen molar-refractivity contribution in [3.05, 3.63) is 58.8 Å². The van der Waals surface area contributed by atoms with Crippen LogP contribution < -0.4 is 4.90 Å². The summed E-state index contributed by atoms with van der Waals surface area (Å²) in [5.74, 6) is 2.44. The molecule has 1 aromatic carbocycles. The Kier molecular flexibility index (Phi) is 8.61. The Labute approximate surface area is 177 Å². The molecule has 2 atom stereocenters. The zero-order valence-corrected chi connectivity index (χ0v) is 17.5. The van der Waals surface area contributed by atoms with E-state index in [9.17, 15) is 9.90 Å². The van der Waals surface area contributed by atoms with Crippen molar-refractivity contribution in [2.24, 2.45) is 5.92 Å². The lowest BCUT2D eigenvalue weighted by molar-refractivity contribution is 0.0429. The van der Waals surface area contributed by atoms with E-state index >= 15 is 0 Å². The second-order valence-electron chi connectivity index (χ2n) is 6.95. The first-order chi connectivity index (χ1) is 13.1. The number of ether oxygens (including phenoxy) is 1. The first-order valence-corrected chi connectivity index (χ1v) is 9.62. The minimum Gasteiger partial charge on any atom is -0.490 e. The fraction of sp³-hybridized carbons (Fsp3) is 0.429. The fourth-order valence-corrected chi connectivity index (χ4v) is 3.49. The smallest absolute Gasteiger partial charge is 0.134 e. The highest BCUT2D eigenvalue weighted by Gasteiger charge is 2.21. The summed E-state index contributed by atoms with van der Waals surface area (Å²) in [4.78, 5) is 15.7. The monoisotopic (exact) mass is 424 g/mol. The largest absolute Gasteiger partial charge is 0.490 e. The first kappa shape index (κ1) is 22.5. The van der Waals surface area contributed by atoms with Crippen molar-refractivity contribution in [1.82, 2.24) is 4.90 Å². The molecule has 1 saturated heterocycles. The summed E-state index contributed by atoms with van der Waals surface area (Å²) in [6, 6.07) is 7.88. The van der Waals surface area contributed by atoms with E-state index in [1.807, 2.05) is 49.3 Å². The minimum absolute atomic E-state index is 0. The molecule has 1 heterocycles. The third-order valence-corrected chi connectivity index (χ3v) is 5.19. The number of aliphatic hydroxyl groups excluding tert-OH is 1. The van der Waals surface area contributed by atoms with Gasteiger partial charge in [0.25, 0.3) is 0 Å². The summed E-state index contributed by atoms with van der Waals surface area (Å²) in [5, 5.41) is 11.1. The Morgan fingerprint density at radius 1 is 1.25 bits per heavy atom. The third-order valence-electron chi connectivity index (χ3n) is 4.94. The van der Waals surface area contributed by atoms with Crippen LogP contribution in [-0.4, -0.2) is 61.4 Å². The van der Waals surface area contributed by atoms with E-state index in [-0.39, 0.29) is 24.9 Å². The van der Waals surface area contributed by atoms with Crippen LogP contribution in [0.3, 0.4) is 0 Å². The predicted octanol–water partition coefficient (Wildman–Crippen LogP) is 3.11. The van der Waals surface area contributed by atoms with Gasteiger partial charge < -0.3 is 14.7 Å². The highest BCUT2D eigenvalue weighted by atomic mass is 35.5. The lowest BCUT2D eigenvalue weighted by Crippen LogP contribution is -2.49. The molecule has 0 radical (unpaired) electrons. The Bertz CT molecular complexity index is 749. The van der Waals surface area contributed by atoms with Crippen LogP contribution in [0.4, 0.5) is 5.69 Å². The molecule has 0 saturated carbocycles. The third kappa shape index (κ3) is 5.87. The Morgan fingerprint density at radius 3 is 2.57 bits per heavy atom. The normalized spacial score (nSPS) is 20.8. The predicted molar refractivity (Wildman–Crippen MR) is 115 cm³/mol. The molecule has 1 fully saturated rings. The molecule has 7 heteroatoms. The molecule has 1 N–H and O–H groups in total. The molecule has 0 bridgehead atoms. The van der Waals surface area contributed by atoms with Gasteiger partial charge in [-0.25, -0.2) is 4.79 Å². The van der Waals surface area contributed by atoms with Gasteiger partial charge in [-0.15, -0.1) is 12.4 Å². The number of allylic oxidation sites excluding steroid dienone is 4. The Hall–Kier alpha value is -1.75. The number of hydrogen-bond acceptors (Lipinski definition) is 5. The number of halogens is 2. The molecule has 0 amide bonds. The van der Waals surface area contributed by atoms with E-state index in [0.29, 0.717) is 17.9 Å². The van der Waals surface area contributed by atoms with E-state index in [1.165, 1.54) is 5.69 Å². The van der Waals surface area contributed by atoms with Gasteiger partial charge in [-0.05, 0) is 30.3 Å². The second-order valence-corrected chi connectivity index (χ2v) is 7.39. The van der Waals surface area contributed by atoms with Gasteiger partial charge in [-0.3, -0.25) is 4.90 Å². The van der Waals surface area contributed by atoms with E-state index < -0.39 is 6.10 Å². The van der Waals surface area contributed by atoms with Gasteiger partial charge in [-0.2, -0.15) is 0 Å². The molecule has 3 rings (SSSR count). The maximum absolute atomic E-state index is 11.1. The van der Waals surface area contributed by atoms with Crippen molar-refractivity contribution in [1.29, 1.82) is 0 Å². The summed E-state index contributed by atoms with van der Waals surface area (Å²) in [7, 11) is 0. The van der Waals surface area contributed by atoms with Crippen LogP contribution in [0, 0.1) is 5.92 Å². The lowest BCUT2D eigenvalue weighted by Gasteiger charge is -2.37. The van der Waals surface area contributed by atoms with Crippen LogP contribution in [-0.2, 0) is 9.53 Å². The number of rotatable bonds is 6. The standard InChI is InChI=1S/C21H25ClN2O3.ClH/c1-16-3-2-4-21(20(16)14-25)27-15-19(26)13-23-9-11-24(12-10-23)18-7-5-17(22)6-8-18;/h2-8,16,19,26H,9-13,15H2,1H3;1H. The molecule has 5 nitrogen and oxygen atoms in total. The number of piperazine rings is 1. The molecule has 0 spiro atoms. The van der Waals surface area contributed by atoms with Crippen molar-refractivity contribution >= 4 is 35.6 Å². The number of anilines is 1. The van der Waals surface area contributed by atoms with Gasteiger partial charge in [0.1, 0.15) is 24.4 Å². The summed E-state index contributed by atoms with van der Waals surface area (Å²) in [5.41, 5.74) is 1.67. The van der Waals surface area contributed by atoms with Crippen molar-refractivity contribution in [2.75, 3.05) is 44.2 Å². The molecule has 1 aliphatic carbocycles. The lowest BCUT2D eigenvalue weighted by atomic mass is 9.96. The summed E-state index contributed by atoms with van der Waals surface area (Å²) in [6.45, 7) is 6.19. The van der Waals surface area contributed by atoms with Gasteiger partial charge in [0, 0.05) is 49.4 Å². The first-order valence-electron chi connectivity index (χ1n) is 9.24. The molecular weight excluding hydrogens is 399 g/mol. The van der Waals surface area contributed by atoms with E-state index in [2.05, 4.69) is 9.80 Å². The van der Waals surface area contributed by atoms with Crippen molar-refractivity contribution in [3.8, 4) is 0 Å². The molecule has 152 valence electrons. The van der Waals surface area contributed by atoms with Gasteiger partial charge in [0.05, 0.1) is 5.57 Å². The molecular formula is C21H26Cl2N2O3. The van der Waals surface area contributed by atoms with Crippen LogP contribution in [0.5, 0.6) is 0 Å². The topological polar surface area (TPSA) is 53.0 Å². The molecule has 0 aromatic heterocycles. The van der Waals surface area contributed by atoms with Crippen LogP contribution >= 0.6 is 24.0 Å². The SMILES string of the molecule is CC1C=CC=C(OCC(O)CN2CCN(c3ccc(Cl)cc3)CC2)C1=C=O.Cl. The average molecular weight is 425 g/mol. The Balaban J connectivity index is 0.00000280. The number of carbonyl (C=O) groups excluding carboxylic acids is 1. The Morgan fingerprint density at radius 2 is 1.93 bits per heavy atom. The molecule has 1 aliphatic heterocycles. The van der Waals surface area contributed by atoms with Crippen molar-refractivity contribution in [3.63, 3.8) is 0 Å². The minimum atomic E-state index is -0.609. The van der Waals surface area contributed by atoms with Crippen LogP contribution in [0.15, 0.2) is 53.8 Å². The van der Waals surface area contributed by atoms with Crippen molar-refractivity contribution < 1.29 is 14.6 Å². The number of hydrogen-bond donors (Lipinski definition) is 1. The molecule has 1 aromatic rings. The van der Waals surface area contributed by atoms with Crippen LogP contribution in [0.2, 0.25) is 5.02 Å². The van der Waals surface area contributed by atoms with E-state index in [0.717, 1.165) is 31.2 Å². The number of aliphatic hydroxyl groups is 1. The molecule has 28 heavy (non-hydrogen) atoms.